The number of aryl methyl sites for hydroxylation is 1. The van der Waals surface area contributed by atoms with Gasteiger partial charge in [0.2, 0.25) is 0 Å². The second-order valence-electron chi connectivity index (χ2n) is 4.89. The Balaban J connectivity index is 1.91. The lowest BCUT2D eigenvalue weighted by Gasteiger charge is -2.09. The molecule has 1 aliphatic carbocycles. The zero-order valence-electron chi connectivity index (χ0n) is 10.2. The fraction of sp³-hybridized carbons (Fsp3) is 0.667. The van der Waals surface area contributed by atoms with E-state index >= 15 is 0 Å². The van der Waals surface area contributed by atoms with Crippen LogP contribution in [0.4, 0.5) is 5.13 Å². The standard InChI is InChI=1S/C12H18N2O2S/c1-7-3-4-9(5-7)6-13-12-14-10(11(15)16)8(2)17-12/h7,9H,3-6H2,1-2H3,(H,13,14)(H,15,16). The van der Waals surface area contributed by atoms with Crippen LogP contribution in [0.5, 0.6) is 0 Å². The molecule has 2 unspecified atom stereocenters. The largest absolute Gasteiger partial charge is 0.476 e. The smallest absolute Gasteiger partial charge is 0.355 e. The second-order valence-corrected chi connectivity index (χ2v) is 6.10. The second kappa shape index (κ2) is 5.04. The lowest BCUT2D eigenvalue weighted by molar-refractivity contribution is 0.0690. The monoisotopic (exact) mass is 254 g/mol. The number of carboxylic acids is 1. The molecule has 0 amide bonds. The highest BCUT2D eigenvalue weighted by atomic mass is 32.1. The Bertz CT molecular complexity index is 417. The maximum absolute atomic E-state index is 10.9. The number of nitrogens with one attached hydrogen (secondary N) is 1. The Hall–Kier alpha value is -1.10. The average Bonchev–Trinajstić information content (AvgIpc) is 2.82. The van der Waals surface area contributed by atoms with E-state index in [9.17, 15) is 4.79 Å². The van der Waals surface area contributed by atoms with Gasteiger partial charge < -0.3 is 10.4 Å². The number of carboxylic acid groups (broad SMARTS) is 1. The van der Waals surface area contributed by atoms with E-state index in [1.54, 1.807) is 6.92 Å². The molecule has 94 valence electrons. The predicted octanol–water partition coefficient (Wildman–Crippen LogP) is 3.00. The summed E-state index contributed by atoms with van der Waals surface area (Å²) in [6, 6.07) is 0. The molecule has 1 fully saturated rings. The molecule has 0 bridgehead atoms. The van der Waals surface area contributed by atoms with Crippen molar-refractivity contribution < 1.29 is 9.90 Å². The maximum Gasteiger partial charge on any atom is 0.355 e. The van der Waals surface area contributed by atoms with Crippen LogP contribution < -0.4 is 5.32 Å². The van der Waals surface area contributed by atoms with Gasteiger partial charge in [0, 0.05) is 11.4 Å². The molecule has 1 saturated carbocycles. The zero-order valence-corrected chi connectivity index (χ0v) is 11.0. The number of aromatic nitrogens is 1. The molecule has 0 aromatic carbocycles. The van der Waals surface area contributed by atoms with E-state index in [4.69, 9.17) is 5.11 Å². The van der Waals surface area contributed by atoms with Gasteiger partial charge in [0.15, 0.2) is 10.8 Å². The van der Waals surface area contributed by atoms with Crippen molar-refractivity contribution in [1.82, 2.24) is 4.98 Å². The molecule has 17 heavy (non-hydrogen) atoms. The van der Waals surface area contributed by atoms with Gasteiger partial charge in [0.1, 0.15) is 0 Å². The summed E-state index contributed by atoms with van der Waals surface area (Å²) in [7, 11) is 0. The molecule has 4 nitrogen and oxygen atoms in total. The summed E-state index contributed by atoms with van der Waals surface area (Å²) in [5, 5.41) is 12.9. The number of anilines is 1. The van der Waals surface area contributed by atoms with Crippen molar-refractivity contribution in [2.45, 2.75) is 33.1 Å². The normalized spacial score (nSPS) is 23.9. The summed E-state index contributed by atoms with van der Waals surface area (Å²) >= 11 is 1.42. The molecular formula is C12H18N2O2S. The Morgan fingerprint density at radius 2 is 2.35 bits per heavy atom. The molecule has 0 spiro atoms. The number of aromatic carboxylic acids is 1. The first-order valence-corrected chi connectivity index (χ1v) is 6.82. The van der Waals surface area contributed by atoms with E-state index in [2.05, 4.69) is 17.2 Å². The van der Waals surface area contributed by atoms with Crippen molar-refractivity contribution >= 4 is 22.4 Å². The Morgan fingerprint density at radius 1 is 1.59 bits per heavy atom. The number of thiazole rings is 1. The first-order chi connectivity index (χ1) is 8.06. The lowest BCUT2D eigenvalue weighted by atomic mass is 10.1. The molecule has 1 heterocycles. The first kappa shape index (κ1) is 12.4. The van der Waals surface area contributed by atoms with Crippen molar-refractivity contribution in [2.75, 3.05) is 11.9 Å². The van der Waals surface area contributed by atoms with Crippen LogP contribution in [0.25, 0.3) is 0 Å². The van der Waals surface area contributed by atoms with Crippen LogP contribution in [0, 0.1) is 18.8 Å². The van der Waals surface area contributed by atoms with Gasteiger partial charge in [0.25, 0.3) is 0 Å². The van der Waals surface area contributed by atoms with E-state index in [0.29, 0.717) is 5.92 Å². The summed E-state index contributed by atoms with van der Waals surface area (Å²) in [4.78, 5) is 15.7. The summed E-state index contributed by atoms with van der Waals surface area (Å²) in [6.07, 6.45) is 3.84. The summed E-state index contributed by atoms with van der Waals surface area (Å²) in [6.45, 7) is 5.00. The van der Waals surface area contributed by atoms with E-state index in [1.807, 2.05) is 0 Å². The van der Waals surface area contributed by atoms with Gasteiger partial charge in [-0.25, -0.2) is 9.78 Å². The highest BCUT2D eigenvalue weighted by molar-refractivity contribution is 7.15. The van der Waals surface area contributed by atoms with Crippen LogP contribution in [0.15, 0.2) is 0 Å². The van der Waals surface area contributed by atoms with E-state index in [-0.39, 0.29) is 5.69 Å². The Kier molecular flexibility index (Phi) is 3.66. The van der Waals surface area contributed by atoms with Gasteiger partial charge in [-0.1, -0.05) is 13.3 Å². The number of hydrogen-bond donors (Lipinski definition) is 2. The van der Waals surface area contributed by atoms with Crippen LogP contribution in [-0.2, 0) is 0 Å². The van der Waals surface area contributed by atoms with Crippen molar-refractivity contribution in [3.05, 3.63) is 10.6 Å². The zero-order chi connectivity index (χ0) is 12.4. The molecule has 1 aliphatic rings. The molecule has 0 saturated heterocycles. The Labute approximate surface area is 105 Å². The molecule has 1 aromatic heterocycles. The van der Waals surface area contributed by atoms with Crippen LogP contribution in [0.3, 0.4) is 0 Å². The molecule has 2 atom stereocenters. The molecule has 1 aromatic rings. The highest BCUT2D eigenvalue weighted by Crippen LogP contribution is 2.31. The topological polar surface area (TPSA) is 62.2 Å². The van der Waals surface area contributed by atoms with Gasteiger partial charge in [0.05, 0.1) is 0 Å². The van der Waals surface area contributed by atoms with Crippen molar-refractivity contribution in [3.8, 4) is 0 Å². The minimum Gasteiger partial charge on any atom is -0.476 e. The number of rotatable bonds is 4. The Morgan fingerprint density at radius 3 is 2.88 bits per heavy atom. The van der Waals surface area contributed by atoms with Gasteiger partial charge in [-0.3, -0.25) is 0 Å². The summed E-state index contributed by atoms with van der Waals surface area (Å²) in [5.41, 5.74) is 0.178. The van der Waals surface area contributed by atoms with Gasteiger partial charge in [-0.05, 0) is 31.6 Å². The highest BCUT2D eigenvalue weighted by Gasteiger charge is 2.21. The van der Waals surface area contributed by atoms with E-state index in [0.717, 1.165) is 22.5 Å². The quantitative estimate of drug-likeness (QED) is 0.867. The molecule has 5 heteroatoms. The third-order valence-corrected chi connectivity index (χ3v) is 4.27. The maximum atomic E-state index is 10.9. The molecule has 2 rings (SSSR count). The number of carbonyl (C=O) groups is 1. The summed E-state index contributed by atoms with van der Waals surface area (Å²) in [5.74, 6) is 0.596. The van der Waals surface area contributed by atoms with E-state index in [1.165, 1.54) is 30.6 Å². The van der Waals surface area contributed by atoms with Gasteiger partial charge in [-0.15, -0.1) is 11.3 Å². The SMILES string of the molecule is Cc1sc(NCC2CCC(C)C2)nc1C(=O)O. The third-order valence-electron chi connectivity index (χ3n) is 3.34. The minimum absolute atomic E-state index is 0.178. The average molecular weight is 254 g/mol. The van der Waals surface area contributed by atoms with Crippen LogP contribution >= 0.6 is 11.3 Å². The van der Waals surface area contributed by atoms with Crippen LogP contribution in [0.2, 0.25) is 0 Å². The predicted molar refractivity (Wildman–Crippen MR) is 68.8 cm³/mol. The minimum atomic E-state index is -0.943. The van der Waals surface area contributed by atoms with Crippen LogP contribution in [-0.4, -0.2) is 22.6 Å². The van der Waals surface area contributed by atoms with Gasteiger partial charge in [-0.2, -0.15) is 0 Å². The van der Waals surface area contributed by atoms with Gasteiger partial charge >= 0.3 is 5.97 Å². The number of hydrogen-bond acceptors (Lipinski definition) is 4. The lowest BCUT2D eigenvalue weighted by Crippen LogP contribution is -2.11. The van der Waals surface area contributed by atoms with Crippen molar-refractivity contribution in [2.24, 2.45) is 11.8 Å². The first-order valence-electron chi connectivity index (χ1n) is 6.01. The fourth-order valence-electron chi connectivity index (χ4n) is 2.41. The molecular weight excluding hydrogens is 236 g/mol. The third kappa shape index (κ3) is 2.97. The molecule has 0 radical (unpaired) electrons. The molecule has 0 aliphatic heterocycles. The van der Waals surface area contributed by atoms with Crippen LogP contribution in [0.1, 0.15) is 41.6 Å². The van der Waals surface area contributed by atoms with Crippen molar-refractivity contribution in [3.63, 3.8) is 0 Å². The number of nitrogens with zero attached hydrogens (tertiary/aromatic N) is 1. The summed E-state index contributed by atoms with van der Waals surface area (Å²) < 4.78 is 0. The van der Waals surface area contributed by atoms with Crippen molar-refractivity contribution in [1.29, 1.82) is 0 Å². The molecule has 2 N–H and O–H groups in total. The van der Waals surface area contributed by atoms with E-state index < -0.39 is 5.97 Å². The fourth-order valence-corrected chi connectivity index (χ4v) is 3.22.